The van der Waals surface area contributed by atoms with Crippen LogP contribution in [0.3, 0.4) is 0 Å². The van der Waals surface area contributed by atoms with Gasteiger partial charge in [-0.2, -0.15) is 0 Å². The largest absolute Gasteiger partial charge is 0.652 e. The van der Waals surface area contributed by atoms with Gasteiger partial charge in [-0.3, -0.25) is 0 Å². The number of carbonyl (C=O) groups is 3. The summed E-state index contributed by atoms with van der Waals surface area (Å²) >= 11 is 0. The molecule has 0 radical (unpaired) electrons. The fourth-order valence-corrected chi connectivity index (χ4v) is 0. The fourth-order valence-electron chi connectivity index (χ4n) is 0. The monoisotopic (exact) mass is 304 g/mol. The molecule has 0 unspecified atom stereocenters. The van der Waals surface area contributed by atoms with Crippen molar-refractivity contribution in [3.8, 4) is 0 Å². The summed E-state index contributed by atoms with van der Waals surface area (Å²) in [5.74, 6) is 0. The molecule has 0 aromatic carbocycles. The van der Waals surface area contributed by atoms with Crippen LogP contribution in [-0.2, 0) is 26.2 Å². The molecule has 0 amide bonds. The van der Waals surface area contributed by atoms with Gasteiger partial charge in [0, 0.05) is 26.2 Å². The predicted octanol–water partition coefficient (Wildman–Crippen LogP) is -7.02. The molecule has 92 valence electrons. The van der Waals surface area contributed by atoms with Crippen molar-refractivity contribution in [2.75, 3.05) is 0 Å². The van der Waals surface area contributed by atoms with Crippen LogP contribution in [0.5, 0.6) is 0 Å². The first kappa shape index (κ1) is 37.4. The molecule has 0 saturated heterocycles. The molecule has 15 heavy (non-hydrogen) atoms. The molecule has 0 aliphatic carbocycles. The average Bonchev–Trinajstić information content (AvgIpc) is 1.54. The Bertz CT molecular complexity index is 121. The number of hydrogen-bond acceptors (Lipinski definition) is 11. The maximum absolute atomic E-state index is 8.33. The van der Waals surface area contributed by atoms with Crippen molar-refractivity contribution in [3.05, 3.63) is 0 Å². The van der Waals surface area contributed by atoms with Crippen molar-refractivity contribution in [1.29, 1.82) is 0 Å². The van der Waals surface area contributed by atoms with E-state index in [4.69, 9.17) is 45.0 Å². The van der Waals surface area contributed by atoms with E-state index in [1.54, 1.807) is 0 Å². The van der Waals surface area contributed by atoms with Crippen LogP contribution in [-0.4, -0.2) is 18.5 Å². The van der Waals surface area contributed by atoms with E-state index >= 15 is 0 Å². The van der Waals surface area contributed by atoms with E-state index < -0.39 is 18.5 Å². The van der Waals surface area contributed by atoms with E-state index in [1.807, 2.05) is 0 Å². The number of hydrogen-bond donors (Lipinski definition) is 2. The quantitative estimate of drug-likeness (QED) is 0.424. The number of rotatable bonds is 0. The number of carboxylic acid groups (broad SMARTS) is 6. The van der Waals surface area contributed by atoms with E-state index in [1.165, 1.54) is 0 Å². The zero-order chi connectivity index (χ0) is 10.7. The first-order valence-electron chi connectivity index (χ1n) is 1.84. The van der Waals surface area contributed by atoms with E-state index in [9.17, 15) is 0 Å². The summed E-state index contributed by atoms with van der Waals surface area (Å²) in [6.45, 7) is 0. The maximum Gasteiger partial charge on any atom is 0 e. The van der Waals surface area contributed by atoms with Gasteiger partial charge in [0.05, 0.1) is 0 Å². The van der Waals surface area contributed by atoms with Crippen LogP contribution in [0.25, 0.3) is 0 Å². The van der Waals surface area contributed by atoms with Crippen LogP contribution >= 0.6 is 0 Å². The minimum atomic E-state index is -2.33. The SMILES string of the molecule is N.N.O=C([O-])[O-].O=C([O-])[O-].O=C([O-])[O-].[Zr]. The van der Waals surface area contributed by atoms with Gasteiger partial charge in [-0.25, -0.2) is 0 Å². The Morgan fingerprint density at radius 1 is 0.533 bits per heavy atom. The predicted molar refractivity (Wildman–Crippen MR) is 26.2 cm³/mol. The zero-order valence-corrected chi connectivity index (χ0v) is 9.55. The molecule has 0 aliphatic rings. The summed E-state index contributed by atoms with van der Waals surface area (Å²) in [7, 11) is 0. The van der Waals surface area contributed by atoms with E-state index in [2.05, 4.69) is 0 Å². The van der Waals surface area contributed by atoms with Crippen LogP contribution in [0.1, 0.15) is 0 Å². The fraction of sp³-hybridized carbons (Fsp3) is 0. The molecule has 0 aliphatic heterocycles. The first-order chi connectivity index (χ1) is 5.20. The van der Waals surface area contributed by atoms with Crippen molar-refractivity contribution in [2.45, 2.75) is 0 Å². The molecule has 0 aromatic heterocycles. The van der Waals surface area contributed by atoms with Crippen LogP contribution in [0.2, 0.25) is 0 Å². The molecule has 0 fully saturated rings. The Labute approximate surface area is 102 Å². The van der Waals surface area contributed by atoms with Crippen LogP contribution in [0.15, 0.2) is 0 Å². The molecule has 11 nitrogen and oxygen atoms in total. The molecule has 0 heterocycles. The Balaban J connectivity index is -0.0000000184. The molecule has 6 N–H and O–H groups in total. The summed E-state index contributed by atoms with van der Waals surface area (Å²) in [4.78, 5) is 25.0. The van der Waals surface area contributed by atoms with Gasteiger partial charge < -0.3 is 57.3 Å². The van der Waals surface area contributed by atoms with Gasteiger partial charge in [0.15, 0.2) is 0 Å². The zero-order valence-electron chi connectivity index (χ0n) is 7.09. The smallest absolute Gasteiger partial charge is 0 e. The Hall–Kier alpha value is -1.39. The molecule has 0 atom stereocenters. The second-order valence-corrected chi connectivity index (χ2v) is 0.750. The van der Waals surface area contributed by atoms with Crippen molar-refractivity contribution in [3.63, 3.8) is 0 Å². The minimum absolute atomic E-state index is 0. The summed E-state index contributed by atoms with van der Waals surface area (Å²) in [6.07, 6.45) is -7.00. The molecule has 0 rings (SSSR count). The standard InChI is InChI=1S/3CH2O3.2H3N.Zr/c3*2-1(3)4;;;/h3*(H2,2,3,4);2*1H3;/p-6. The summed E-state index contributed by atoms with van der Waals surface area (Å²) in [6, 6.07) is 0. The van der Waals surface area contributed by atoms with Gasteiger partial charge in [-0.1, -0.05) is 0 Å². The third kappa shape index (κ3) is 739. The van der Waals surface area contributed by atoms with Gasteiger partial charge in [-0.15, -0.1) is 0 Å². The van der Waals surface area contributed by atoms with Crippen LogP contribution in [0.4, 0.5) is 14.4 Å². The second kappa shape index (κ2) is 29.3. The first-order valence-corrected chi connectivity index (χ1v) is 1.84. The molecular weight excluding hydrogens is 299 g/mol. The topological polar surface area (TPSA) is 260 Å². The molecule has 12 heteroatoms. The van der Waals surface area contributed by atoms with Gasteiger partial charge in [0.2, 0.25) is 0 Å². The molecule has 0 bridgehead atoms. The third-order valence-electron chi connectivity index (χ3n) is 0. The van der Waals surface area contributed by atoms with Crippen LogP contribution in [0, 0.1) is 0 Å². The van der Waals surface area contributed by atoms with Crippen molar-refractivity contribution in [1.82, 2.24) is 12.3 Å². The summed E-state index contributed by atoms with van der Waals surface area (Å²) in [5, 5.41) is 50.0. The van der Waals surface area contributed by atoms with Crippen molar-refractivity contribution in [2.24, 2.45) is 0 Å². The van der Waals surface area contributed by atoms with Crippen molar-refractivity contribution < 1.29 is 71.2 Å². The second-order valence-electron chi connectivity index (χ2n) is 0.750. The van der Waals surface area contributed by atoms with Crippen molar-refractivity contribution >= 4 is 18.5 Å². The molecule has 0 aromatic rings. The molecule has 0 saturated carbocycles. The van der Waals surface area contributed by atoms with E-state index in [0.29, 0.717) is 0 Å². The van der Waals surface area contributed by atoms with E-state index in [-0.39, 0.29) is 38.5 Å². The third-order valence-corrected chi connectivity index (χ3v) is 0. The normalized spacial score (nSPS) is 4.80. The van der Waals surface area contributed by atoms with Gasteiger partial charge in [0.25, 0.3) is 0 Å². The Morgan fingerprint density at radius 2 is 0.533 bits per heavy atom. The van der Waals surface area contributed by atoms with Gasteiger partial charge >= 0.3 is 0 Å². The van der Waals surface area contributed by atoms with Crippen LogP contribution < -0.4 is 42.9 Å². The molecular formula is C3H6N2O9Zr-6. The Morgan fingerprint density at radius 3 is 0.533 bits per heavy atom. The van der Waals surface area contributed by atoms with E-state index in [0.717, 1.165) is 0 Å². The molecule has 0 spiro atoms. The Kier molecular flexibility index (Phi) is 73.1. The number of carbonyl (C=O) groups excluding carboxylic acids is 3. The average molecular weight is 305 g/mol. The summed E-state index contributed by atoms with van der Waals surface area (Å²) in [5.41, 5.74) is 0. The summed E-state index contributed by atoms with van der Waals surface area (Å²) < 4.78 is 0. The van der Waals surface area contributed by atoms with Gasteiger partial charge in [0.1, 0.15) is 0 Å². The van der Waals surface area contributed by atoms with Gasteiger partial charge in [-0.05, 0) is 18.5 Å². The minimum Gasteiger partial charge on any atom is -0.652 e. The maximum atomic E-state index is 8.33.